The Bertz CT molecular complexity index is 566. The second-order valence-electron chi connectivity index (χ2n) is 12.8. The van der Waals surface area contributed by atoms with Crippen LogP contribution in [0.25, 0.3) is 0 Å². The Morgan fingerprint density at radius 3 is 1.51 bits per heavy atom. The number of carbonyl (C=O) groups excluding carboxylic acids is 2. The molecular weight excluding hydrogens is 510 g/mol. The van der Waals surface area contributed by atoms with Crippen molar-refractivity contribution in [2.24, 2.45) is 5.92 Å². The van der Waals surface area contributed by atoms with E-state index in [1.807, 2.05) is 0 Å². The number of esters is 2. The van der Waals surface area contributed by atoms with Crippen LogP contribution in [0, 0.1) is 5.92 Å². The summed E-state index contributed by atoms with van der Waals surface area (Å²) in [5, 5.41) is 0. The molecule has 0 N–H and O–H groups in total. The molecule has 5 nitrogen and oxygen atoms in total. The summed E-state index contributed by atoms with van der Waals surface area (Å²) in [6.07, 6.45) is 28.1. The normalized spacial score (nSPS) is 12.3. The Kier molecular flexibility index (Phi) is 29.5. The van der Waals surface area contributed by atoms with Gasteiger partial charge in [-0.15, -0.1) is 0 Å². The number of ether oxygens (including phenoxy) is 2. The molecule has 0 aliphatic rings. The highest BCUT2D eigenvalue weighted by atomic mass is 16.6. The number of nitrogens with zero attached hydrogens (tertiary/aromatic N) is 1. The first-order chi connectivity index (χ1) is 19.9. The van der Waals surface area contributed by atoms with Gasteiger partial charge < -0.3 is 14.4 Å². The predicted octanol–water partition coefficient (Wildman–Crippen LogP) is 10.4. The van der Waals surface area contributed by atoms with Crippen molar-refractivity contribution in [3.63, 3.8) is 0 Å². The van der Waals surface area contributed by atoms with E-state index in [0.717, 1.165) is 51.5 Å². The molecule has 0 fully saturated rings. The van der Waals surface area contributed by atoms with Crippen LogP contribution in [0.3, 0.4) is 0 Å². The quantitative estimate of drug-likeness (QED) is 0.0602. The van der Waals surface area contributed by atoms with Crippen molar-refractivity contribution in [2.75, 3.05) is 27.2 Å². The van der Waals surface area contributed by atoms with E-state index in [2.05, 4.69) is 39.8 Å². The monoisotopic (exact) mass is 582 g/mol. The SMILES string of the molecule is CCCCCCCCCCC(COC(=O)CC(CCCCCCC)CCCCCCC)OC(=O)CCCCN(C)C. The molecule has 5 heteroatoms. The van der Waals surface area contributed by atoms with E-state index in [1.54, 1.807) is 0 Å². The molecule has 0 heterocycles. The first-order valence-corrected chi connectivity index (χ1v) is 17.9. The molecular formula is C36H71NO4. The summed E-state index contributed by atoms with van der Waals surface area (Å²) < 4.78 is 11.6. The Labute approximate surface area is 256 Å². The number of carbonyl (C=O) groups is 2. The zero-order chi connectivity index (χ0) is 30.4. The molecule has 0 amide bonds. The number of hydrogen-bond acceptors (Lipinski definition) is 5. The summed E-state index contributed by atoms with van der Waals surface area (Å²) >= 11 is 0. The van der Waals surface area contributed by atoms with Crippen LogP contribution in [0.5, 0.6) is 0 Å². The minimum atomic E-state index is -0.318. The molecule has 244 valence electrons. The van der Waals surface area contributed by atoms with Crippen molar-refractivity contribution in [3.8, 4) is 0 Å². The Morgan fingerprint density at radius 2 is 1.02 bits per heavy atom. The van der Waals surface area contributed by atoms with Crippen LogP contribution in [0.1, 0.15) is 181 Å². The third kappa shape index (κ3) is 28.8. The first kappa shape index (κ1) is 39.9. The molecule has 0 aromatic heterocycles. The molecule has 0 radical (unpaired) electrons. The second-order valence-corrected chi connectivity index (χ2v) is 12.8. The van der Waals surface area contributed by atoms with E-state index in [9.17, 15) is 9.59 Å². The molecule has 0 spiro atoms. The van der Waals surface area contributed by atoms with Crippen molar-refractivity contribution >= 4 is 11.9 Å². The standard InChI is InChI=1S/C36H71NO4/c1-6-9-12-15-16-17-20-23-28-34(41-35(38)29-24-25-30-37(4)5)32-40-36(39)31-33(26-21-18-13-10-7-2)27-22-19-14-11-8-3/h33-34H,6-32H2,1-5H3. The molecule has 0 rings (SSSR count). The molecule has 0 aromatic carbocycles. The molecule has 0 saturated heterocycles. The van der Waals surface area contributed by atoms with Gasteiger partial charge in [0.15, 0.2) is 0 Å². The smallest absolute Gasteiger partial charge is 0.306 e. The highest BCUT2D eigenvalue weighted by Crippen LogP contribution is 2.23. The lowest BCUT2D eigenvalue weighted by molar-refractivity contribution is -0.160. The van der Waals surface area contributed by atoms with E-state index in [4.69, 9.17) is 9.47 Å². The van der Waals surface area contributed by atoms with Gasteiger partial charge in [0.25, 0.3) is 0 Å². The van der Waals surface area contributed by atoms with E-state index in [-0.39, 0.29) is 24.6 Å². The van der Waals surface area contributed by atoms with Gasteiger partial charge in [-0.1, -0.05) is 130 Å². The van der Waals surface area contributed by atoms with Gasteiger partial charge >= 0.3 is 11.9 Å². The van der Waals surface area contributed by atoms with Crippen molar-refractivity contribution < 1.29 is 19.1 Å². The zero-order valence-electron chi connectivity index (χ0n) is 28.3. The average Bonchev–Trinajstić information content (AvgIpc) is 2.94. The van der Waals surface area contributed by atoms with Gasteiger partial charge in [-0.25, -0.2) is 0 Å². The van der Waals surface area contributed by atoms with Crippen molar-refractivity contribution in [1.82, 2.24) is 4.90 Å². The molecule has 1 atom stereocenters. The van der Waals surface area contributed by atoms with Gasteiger partial charge in [0.2, 0.25) is 0 Å². The fraction of sp³-hybridized carbons (Fsp3) is 0.944. The lowest BCUT2D eigenvalue weighted by Crippen LogP contribution is -2.26. The average molecular weight is 582 g/mol. The number of hydrogen-bond donors (Lipinski definition) is 0. The van der Waals surface area contributed by atoms with E-state index in [0.29, 0.717) is 18.8 Å². The van der Waals surface area contributed by atoms with Gasteiger partial charge in [0.1, 0.15) is 12.7 Å². The van der Waals surface area contributed by atoms with Gasteiger partial charge in [0, 0.05) is 12.8 Å². The van der Waals surface area contributed by atoms with Gasteiger partial charge in [-0.05, 0) is 65.1 Å². The largest absolute Gasteiger partial charge is 0.462 e. The zero-order valence-corrected chi connectivity index (χ0v) is 28.3. The van der Waals surface area contributed by atoms with Crippen LogP contribution in [-0.4, -0.2) is 50.2 Å². The molecule has 0 aliphatic heterocycles. The lowest BCUT2D eigenvalue weighted by Gasteiger charge is -2.20. The summed E-state index contributed by atoms with van der Waals surface area (Å²) in [5.41, 5.74) is 0. The maximum absolute atomic E-state index is 12.9. The Hall–Kier alpha value is -1.10. The maximum Gasteiger partial charge on any atom is 0.306 e. The summed E-state index contributed by atoms with van der Waals surface area (Å²) in [5.74, 6) is 0.151. The predicted molar refractivity (Wildman–Crippen MR) is 175 cm³/mol. The van der Waals surface area contributed by atoms with Crippen LogP contribution >= 0.6 is 0 Å². The minimum absolute atomic E-state index is 0.111. The summed E-state index contributed by atoms with van der Waals surface area (Å²) in [7, 11) is 4.10. The van der Waals surface area contributed by atoms with Crippen LogP contribution in [0.15, 0.2) is 0 Å². The van der Waals surface area contributed by atoms with E-state index < -0.39 is 0 Å². The third-order valence-corrected chi connectivity index (χ3v) is 8.23. The lowest BCUT2D eigenvalue weighted by atomic mass is 9.91. The molecule has 0 saturated carbocycles. The van der Waals surface area contributed by atoms with Crippen LogP contribution in [-0.2, 0) is 19.1 Å². The summed E-state index contributed by atoms with van der Waals surface area (Å²) in [6.45, 7) is 7.93. The first-order valence-electron chi connectivity index (χ1n) is 17.9. The highest BCUT2D eigenvalue weighted by molar-refractivity contribution is 5.70. The fourth-order valence-electron chi connectivity index (χ4n) is 5.53. The van der Waals surface area contributed by atoms with Crippen LogP contribution in [0.4, 0.5) is 0 Å². The van der Waals surface area contributed by atoms with Gasteiger partial charge in [-0.3, -0.25) is 9.59 Å². The Morgan fingerprint density at radius 1 is 0.561 bits per heavy atom. The molecule has 41 heavy (non-hydrogen) atoms. The Balaban J connectivity index is 4.72. The van der Waals surface area contributed by atoms with Crippen LogP contribution in [0.2, 0.25) is 0 Å². The van der Waals surface area contributed by atoms with Crippen LogP contribution < -0.4 is 0 Å². The van der Waals surface area contributed by atoms with Gasteiger partial charge in [0.05, 0.1) is 0 Å². The topological polar surface area (TPSA) is 55.8 Å². The summed E-state index contributed by atoms with van der Waals surface area (Å²) in [4.78, 5) is 27.6. The molecule has 0 bridgehead atoms. The molecule has 0 aromatic rings. The fourth-order valence-corrected chi connectivity index (χ4v) is 5.53. The number of rotatable bonds is 31. The summed E-state index contributed by atoms with van der Waals surface area (Å²) in [6, 6.07) is 0. The van der Waals surface area contributed by atoms with Crippen molar-refractivity contribution in [2.45, 2.75) is 187 Å². The third-order valence-electron chi connectivity index (χ3n) is 8.23. The van der Waals surface area contributed by atoms with E-state index >= 15 is 0 Å². The van der Waals surface area contributed by atoms with Crippen molar-refractivity contribution in [1.29, 1.82) is 0 Å². The molecule has 1 unspecified atom stereocenters. The maximum atomic E-state index is 12.9. The highest BCUT2D eigenvalue weighted by Gasteiger charge is 2.19. The second kappa shape index (κ2) is 30.4. The van der Waals surface area contributed by atoms with E-state index in [1.165, 1.54) is 103 Å². The van der Waals surface area contributed by atoms with Gasteiger partial charge in [-0.2, -0.15) is 0 Å². The molecule has 0 aliphatic carbocycles. The van der Waals surface area contributed by atoms with Crippen molar-refractivity contribution in [3.05, 3.63) is 0 Å². The number of unbranched alkanes of at least 4 members (excludes halogenated alkanes) is 16. The minimum Gasteiger partial charge on any atom is -0.462 e.